The normalized spacial score (nSPS) is 18.0. The molecule has 1 N–H and O–H groups in total. The Morgan fingerprint density at radius 1 is 1.35 bits per heavy atom. The van der Waals surface area contributed by atoms with E-state index >= 15 is 0 Å². The Kier molecular flexibility index (Phi) is 4.32. The summed E-state index contributed by atoms with van der Waals surface area (Å²) in [6, 6.07) is 8.31. The summed E-state index contributed by atoms with van der Waals surface area (Å²) in [4.78, 5) is 14.5. The van der Waals surface area contributed by atoms with Gasteiger partial charge in [-0.2, -0.15) is 5.10 Å². The van der Waals surface area contributed by atoms with Crippen molar-refractivity contribution >= 4 is 11.6 Å². The summed E-state index contributed by atoms with van der Waals surface area (Å²) in [6.45, 7) is 3.27. The molecule has 5 nitrogen and oxygen atoms in total. The highest BCUT2D eigenvalue weighted by Gasteiger charge is 2.26. The molecule has 23 heavy (non-hydrogen) atoms. The number of benzene rings is 1. The fourth-order valence-electron chi connectivity index (χ4n) is 3.03. The Balaban J connectivity index is 1.67. The van der Waals surface area contributed by atoms with E-state index in [2.05, 4.69) is 10.4 Å². The lowest BCUT2D eigenvalue weighted by Gasteiger charge is -2.33. The van der Waals surface area contributed by atoms with Crippen molar-refractivity contribution in [3.63, 3.8) is 0 Å². The second-order valence-corrected chi connectivity index (χ2v) is 6.04. The average Bonchev–Trinajstić information content (AvgIpc) is 2.88. The quantitative estimate of drug-likeness (QED) is 0.947. The van der Waals surface area contributed by atoms with Crippen LogP contribution in [-0.2, 0) is 7.05 Å². The Morgan fingerprint density at radius 2 is 2.09 bits per heavy atom. The van der Waals surface area contributed by atoms with E-state index in [0.717, 1.165) is 30.8 Å². The van der Waals surface area contributed by atoms with Gasteiger partial charge in [0.15, 0.2) is 0 Å². The number of nitrogens with zero attached hydrogens (tertiary/aromatic N) is 3. The zero-order chi connectivity index (χ0) is 16.4. The minimum absolute atomic E-state index is 0.0127. The van der Waals surface area contributed by atoms with Crippen LogP contribution >= 0.6 is 0 Å². The summed E-state index contributed by atoms with van der Waals surface area (Å²) in [7, 11) is 1.79. The maximum absolute atomic E-state index is 13.0. The Bertz CT molecular complexity index is 695. The van der Waals surface area contributed by atoms with E-state index in [1.165, 1.54) is 12.1 Å². The van der Waals surface area contributed by atoms with Gasteiger partial charge in [0.05, 0.1) is 5.69 Å². The highest BCUT2D eigenvalue weighted by molar-refractivity contribution is 5.92. The van der Waals surface area contributed by atoms with Crippen LogP contribution in [0.2, 0.25) is 0 Å². The first kappa shape index (κ1) is 15.5. The summed E-state index contributed by atoms with van der Waals surface area (Å²) in [5.74, 6) is -0.235. The number of carbonyl (C=O) groups excluding carboxylic acids is 1. The molecule has 2 heterocycles. The fraction of sp³-hybridized carbons (Fsp3) is 0.412. The molecule has 1 aliphatic rings. The van der Waals surface area contributed by atoms with Crippen molar-refractivity contribution in [2.75, 3.05) is 18.4 Å². The lowest BCUT2D eigenvalue weighted by atomic mass is 10.0. The molecule has 1 amide bonds. The third kappa shape index (κ3) is 3.52. The smallest absolute Gasteiger partial charge is 0.272 e. The van der Waals surface area contributed by atoms with Crippen molar-refractivity contribution in [3.05, 3.63) is 47.5 Å². The largest absolute Gasteiger partial charge is 0.381 e. The third-order valence-corrected chi connectivity index (χ3v) is 4.14. The van der Waals surface area contributed by atoms with Crippen LogP contribution in [0, 0.1) is 12.7 Å². The van der Waals surface area contributed by atoms with Gasteiger partial charge in [0, 0.05) is 31.9 Å². The topological polar surface area (TPSA) is 50.2 Å². The zero-order valence-electron chi connectivity index (χ0n) is 13.4. The first-order valence-electron chi connectivity index (χ1n) is 7.85. The predicted molar refractivity (Wildman–Crippen MR) is 86.9 cm³/mol. The average molecular weight is 316 g/mol. The molecular weight excluding hydrogens is 295 g/mol. The van der Waals surface area contributed by atoms with E-state index in [1.807, 2.05) is 17.9 Å². The van der Waals surface area contributed by atoms with Crippen molar-refractivity contribution in [2.24, 2.45) is 7.05 Å². The maximum Gasteiger partial charge on any atom is 0.272 e. The second-order valence-electron chi connectivity index (χ2n) is 6.04. The van der Waals surface area contributed by atoms with Crippen LogP contribution in [0.15, 0.2) is 30.3 Å². The molecule has 6 heteroatoms. The molecule has 2 aromatic rings. The van der Waals surface area contributed by atoms with Gasteiger partial charge in [0.1, 0.15) is 11.5 Å². The van der Waals surface area contributed by atoms with E-state index in [4.69, 9.17) is 0 Å². The van der Waals surface area contributed by atoms with Crippen molar-refractivity contribution < 1.29 is 9.18 Å². The van der Waals surface area contributed by atoms with Gasteiger partial charge in [0.25, 0.3) is 5.91 Å². The molecule has 1 aromatic heterocycles. The van der Waals surface area contributed by atoms with Crippen molar-refractivity contribution in [3.8, 4) is 0 Å². The number of rotatable bonds is 3. The minimum atomic E-state index is -0.248. The van der Waals surface area contributed by atoms with Crippen LogP contribution < -0.4 is 5.32 Å². The Hall–Kier alpha value is -2.37. The lowest BCUT2D eigenvalue weighted by molar-refractivity contribution is 0.0703. The first-order valence-corrected chi connectivity index (χ1v) is 7.85. The number of aromatic nitrogens is 2. The molecule has 0 radical (unpaired) electrons. The van der Waals surface area contributed by atoms with Crippen molar-refractivity contribution in [1.29, 1.82) is 0 Å². The molecule has 0 saturated carbocycles. The number of piperidine rings is 1. The number of amides is 1. The van der Waals surface area contributed by atoms with E-state index in [9.17, 15) is 9.18 Å². The van der Waals surface area contributed by atoms with E-state index in [-0.39, 0.29) is 17.8 Å². The molecule has 122 valence electrons. The molecule has 1 fully saturated rings. The van der Waals surface area contributed by atoms with Crippen LogP contribution in [0.3, 0.4) is 0 Å². The molecule has 0 bridgehead atoms. The highest BCUT2D eigenvalue weighted by Crippen LogP contribution is 2.18. The maximum atomic E-state index is 13.0. The summed E-state index contributed by atoms with van der Waals surface area (Å²) in [6.07, 6.45) is 1.94. The molecule has 1 saturated heterocycles. The summed E-state index contributed by atoms with van der Waals surface area (Å²) < 4.78 is 14.6. The lowest BCUT2D eigenvalue weighted by Crippen LogP contribution is -2.45. The number of hydrogen-bond donors (Lipinski definition) is 1. The van der Waals surface area contributed by atoms with Crippen LogP contribution in [-0.4, -0.2) is 39.7 Å². The second kappa shape index (κ2) is 6.40. The van der Waals surface area contributed by atoms with Gasteiger partial charge in [0.2, 0.25) is 0 Å². The molecule has 1 aliphatic heterocycles. The highest BCUT2D eigenvalue weighted by atomic mass is 19.1. The van der Waals surface area contributed by atoms with Crippen LogP contribution in [0.25, 0.3) is 0 Å². The van der Waals surface area contributed by atoms with E-state index in [0.29, 0.717) is 12.2 Å². The fourth-order valence-corrected chi connectivity index (χ4v) is 3.03. The number of nitrogens with one attached hydrogen (secondary N) is 1. The Morgan fingerprint density at radius 3 is 2.74 bits per heavy atom. The molecule has 0 unspecified atom stereocenters. The van der Waals surface area contributed by atoms with Gasteiger partial charge in [-0.1, -0.05) is 0 Å². The van der Waals surface area contributed by atoms with E-state index in [1.54, 1.807) is 23.9 Å². The monoisotopic (exact) mass is 316 g/mol. The molecule has 1 aromatic carbocycles. The summed E-state index contributed by atoms with van der Waals surface area (Å²) in [5, 5.41) is 7.62. The number of carbonyl (C=O) groups is 1. The van der Waals surface area contributed by atoms with Gasteiger partial charge < -0.3 is 10.2 Å². The van der Waals surface area contributed by atoms with Gasteiger partial charge in [-0.15, -0.1) is 0 Å². The Labute approximate surface area is 135 Å². The third-order valence-electron chi connectivity index (χ3n) is 4.14. The van der Waals surface area contributed by atoms with Crippen LogP contribution in [0.4, 0.5) is 10.1 Å². The van der Waals surface area contributed by atoms with Gasteiger partial charge in [-0.05, 0) is 50.1 Å². The van der Waals surface area contributed by atoms with Crippen molar-refractivity contribution in [1.82, 2.24) is 14.7 Å². The van der Waals surface area contributed by atoms with Crippen LogP contribution in [0.5, 0.6) is 0 Å². The molecule has 0 spiro atoms. The number of hydrogen-bond acceptors (Lipinski definition) is 3. The standard InChI is InChI=1S/C17H21FN4O/c1-12-10-16(21(2)20-12)17(23)22-9-3-4-15(11-22)19-14-7-5-13(18)6-8-14/h5-8,10,15,19H,3-4,9,11H2,1-2H3/t15-/m0/s1. The van der Waals surface area contributed by atoms with Gasteiger partial charge in [-0.3, -0.25) is 9.48 Å². The van der Waals surface area contributed by atoms with Gasteiger partial charge >= 0.3 is 0 Å². The number of aryl methyl sites for hydroxylation is 2. The summed E-state index contributed by atoms with van der Waals surface area (Å²) >= 11 is 0. The van der Waals surface area contributed by atoms with Gasteiger partial charge in [-0.25, -0.2) is 4.39 Å². The molecule has 3 rings (SSSR count). The SMILES string of the molecule is Cc1cc(C(=O)N2CCC[C@H](Nc3ccc(F)cc3)C2)n(C)n1. The number of halogens is 1. The minimum Gasteiger partial charge on any atom is -0.381 e. The molecule has 1 atom stereocenters. The number of likely N-dealkylation sites (tertiary alicyclic amines) is 1. The van der Waals surface area contributed by atoms with Crippen LogP contribution in [0.1, 0.15) is 29.0 Å². The van der Waals surface area contributed by atoms with E-state index < -0.39 is 0 Å². The molecule has 0 aliphatic carbocycles. The van der Waals surface area contributed by atoms with Crippen molar-refractivity contribution in [2.45, 2.75) is 25.8 Å². The first-order chi connectivity index (χ1) is 11.0. The molecular formula is C17H21FN4O. The summed E-state index contributed by atoms with van der Waals surface area (Å²) in [5.41, 5.74) is 2.33. The predicted octanol–water partition coefficient (Wildman–Crippen LogP) is 2.58. The number of anilines is 1. The zero-order valence-corrected chi connectivity index (χ0v) is 13.4.